The van der Waals surface area contributed by atoms with Crippen molar-refractivity contribution in [1.29, 1.82) is 5.26 Å². The van der Waals surface area contributed by atoms with Gasteiger partial charge in [0.25, 0.3) is 5.91 Å². The first-order valence-corrected chi connectivity index (χ1v) is 8.66. The lowest BCUT2D eigenvalue weighted by Crippen LogP contribution is -2.35. The van der Waals surface area contributed by atoms with Crippen molar-refractivity contribution < 1.29 is 28.2 Å². The largest absolute Gasteiger partial charge is 0.497 e. The highest BCUT2D eigenvalue weighted by molar-refractivity contribution is 5.99. The Labute approximate surface area is 171 Å². The molecule has 0 spiro atoms. The first kappa shape index (κ1) is 22.1. The van der Waals surface area contributed by atoms with Crippen molar-refractivity contribution in [2.45, 2.75) is 0 Å². The minimum atomic E-state index is -0.973. The van der Waals surface area contributed by atoms with Gasteiger partial charge in [-0.05, 0) is 48.0 Å². The number of rotatable bonds is 8. The number of benzene rings is 2. The molecule has 0 bridgehead atoms. The molecule has 0 fully saturated rings. The summed E-state index contributed by atoms with van der Waals surface area (Å²) in [5.74, 6) is -2.06. The van der Waals surface area contributed by atoms with Crippen LogP contribution >= 0.6 is 0 Å². The molecule has 0 radical (unpaired) electrons. The van der Waals surface area contributed by atoms with Gasteiger partial charge in [0.1, 0.15) is 23.2 Å². The third-order valence-corrected chi connectivity index (χ3v) is 3.68. The molecule has 0 aliphatic heterocycles. The molecular weight excluding hydrogens is 393 g/mol. The lowest BCUT2D eigenvalue weighted by atomic mass is 10.1. The van der Waals surface area contributed by atoms with Crippen LogP contribution in [0, 0.1) is 17.1 Å². The molecule has 2 rings (SSSR count). The predicted molar refractivity (Wildman–Crippen MR) is 106 cm³/mol. The predicted octanol–water partition coefficient (Wildman–Crippen LogP) is 2.04. The molecule has 154 valence electrons. The zero-order valence-corrected chi connectivity index (χ0v) is 16.0. The van der Waals surface area contributed by atoms with E-state index in [4.69, 9.17) is 14.7 Å². The Kier molecular flexibility index (Phi) is 8.08. The molecule has 2 aromatic carbocycles. The number of methoxy groups -OCH3 is 1. The van der Waals surface area contributed by atoms with Gasteiger partial charge in [0, 0.05) is 5.69 Å². The number of hydrogen-bond donors (Lipinski definition) is 2. The van der Waals surface area contributed by atoms with Crippen LogP contribution in [0.5, 0.6) is 5.75 Å². The topological polar surface area (TPSA) is 118 Å². The molecule has 2 amide bonds. The van der Waals surface area contributed by atoms with Crippen LogP contribution in [0.15, 0.2) is 54.1 Å². The highest BCUT2D eigenvalue weighted by Gasteiger charge is 2.14. The number of nitrogens with one attached hydrogen (secondary N) is 2. The SMILES string of the molecule is COc1ccc(/C=C(\C#N)C(=O)OCC(=O)NCC(=O)Nc2ccc(F)cc2)cc1. The summed E-state index contributed by atoms with van der Waals surface area (Å²) in [5.41, 5.74) is 0.651. The Morgan fingerprint density at radius 2 is 1.73 bits per heavy atom. The number of carbonyl (C=O) groups excluding carboxylic acids is 3. The van der Waals surface area contributed by atoms with E-state index in [2.05, 4.69) is 10.6 Å². The van der Waals surface area contributed by atoms with Crippen LogP contribution in [0.25, 0.3) is 6.08 Å². The Hall–Kier alpha value is -4.19. The van der Waals surface area contributed by atoms with Crippen LogP contribution in [-0.2, 0) is 19.1 Å². The molecule has 0 aromatic heterocycles. The van der Waals surface area contributed by atoms with E-state index in [9.17, 15) is 18.8 Å². The number of anilines is 1. The first-order chi connectivity index (χ1) is 14.4. The van der Waals surface area contributed by atoms with Crippen molar-refractivity contribution in [3.8, 4) is 11.8 Å². The van der Waals surface area contributed by atoms with Gasteiger partial charge in [-0.3, -0.25) is 9.59 Å². The van der Waals surface area contributed by atoms with Crippen LogP contribution < -0.4 is 15.4 Å². The van der Waals surface area contributed by atoms with Crippen molar-refractivity contribution in [2.75, 3.05) is 25.6 Å². The maximum absolute atomic E-state index is 12.8. The van der Waals surface area contributed by atoms with E-state index in [1.165, 1.54) is 37.5 Å². The van der Waals surface area contributed by atoms with Gasteiger partial charge in [-0.25, -0.2) is 9.18 Å². The number of nitriles is 1. The average Bonchev–Trinajstić information content (AvgIpc) is 2.76. The molecule has 0 saturated heterocycles. The van der Waals surface area contributed by atoms with Gasteiger partial charge in [-0.1, -0.05) is 12.1 Å². The molecule has 0 heterocycles. The van der Waals surface area contributed by atoms with Crippen LogP contribution in [0.4, 0.5) is 10.1 Å². The minimum Gasteiger partial charge on any atom is -0.497 e. The third kappa shape index (κ3) is 7.09. The monoisotopic (exact) mass is 411 g/mol. The number of halogens is 1. The summed E-state index contributed by atoms with van der Waals surface area (Å²) in [5, 5.41) is 13.9. The fourth-order valence-corrected chi connectivity index (χ4v) is 2.18. The van der Waals surface area contributed by atoms with Crippen LogP contribution in [-0.4, -0.2) is 38.0 Å². The molecule has 8 nitrogen and oxygen atoms in total. The van der Waals surface area contributed by atoms with Crippen molar-refractivity contribution in [3.63, 3.8) is 0 Å². The Morgan fingerprint density at radius 1 is 1.07 bits per heavy atom. The molecule has 30 heavy (non-hydrogen) atoms. The second-order valence-corrected chi connectivity index (χ2v) is 5.85. The summed E-state index contributed by atoms with van der Waals surface area (Å²) in [6, 6.07) is 13.4. The molecule has 0 aliphatic carbocycles. The summed E-state index contributed by atoms with van der Waals surface area (Å²) in [7, 11) is 1.51. The summed E-state index contributed by atoms with van der Waals surface area (Å²) in [6.07, 6.45) is 1.32. The standard InChI is InChI=1S/C21H18FN3O5/c1-29-18-8-2-14(3-9-18)10-15(11-23)21(28)30-13-20(27)24-12-19(26)25-17-6-4-16(22)5-7-17/h2-10H,12-13H2,1H3,(H,24,27)(H,25,26)/b15-10+. The van der Waals surface area contributed by atoms with Crippen LogP contribution in [0.3, 0.4) is 0 Å². The van der Waals surface area contributed by atoms with E-state index in [1.807, 2.05) is 0 Å². The molecule has 2 N–H and O–H groups in total. The molecule has 0 aliphatic rings. The zero-order chi connectivity index (χ0) is 21.9. The van der Waals surface area contributed by atoms with Gasteiger partial charge in [0.2, 0.25) is 5.91 Å². The lowest BCUT2D eigenvalue weighted by molar-refractivity contribution is -0.144. The van der Waals surface area contributed by atoms with Crippen molar-refractivity contribution in [2.24, 2.45) is 0 Å². The third-order valence-electron chi connectivity index (χ3n) is 3.68. The van der Waals surface area contributed by atoms with Gasteiger partial charge in [-0.2, -0.15) is 5.26 Å². The number of carbonyl (C=O) groups is 3. The maximum Gasteiger partial charge on any atom is 0.349 e. The Balaban J connectivity index is 1.80. The summed E-state index contributed by atoms with van der Waals surface area (Å²) in [6.45, 7) is -1.04. The summed E-state index contributed by atoms with van der Waals surface area (Å²) < 4.78 is 22.6. The van der Waals surface area contributed by atoms with Gasteiger partial charge < -0.3 is 20.1 Å². The van der Waals surface area contributed by atoms with Crippen molar-refractivity contribution >= 4 is 29.5 Å². The molecule has 0 unspecified atom stereocenters. The summed E-state index contributed by atoms with van der Waals surface area (Å²) in [4.78, 5) is 35.5. The zero-order valence-electron chi connectivity index (χ0n) is 16.0. The van der Waals surface area contributed by atoms with Gasteiger partial charge >= 0.3 is 5.97 Å². The normalized spacial score (nSPS) is 10.5. The number of amides is 2. The van der Waals surface area contributed by atoms with E-state index >= 15 is 0 Å². The number of nitrogens with zero attached hydrogens (tertiary/aromatic N) is 1. The van der Waals surface area contributed by atoms with E-state index in [-0.39, 0.29) is 12.1 Å². The quantitative estimate of drug-likeness (QED) is 0.390. The van der Waals surface area contributed by atoms with E-state index in [1.54, 1.807) is 30.3 Å². The van der Waals surface area contributed by atoms with Gasteiger partial charge in [0.15, 0.2) is 6.61 Å². The molecule has 9 heteroatoms. The number of esters is 1. The van der Waals surface area contributed by atoms with Crippen molar-refractivity contribution in [1.82, 2.24) is 5.32 Å². The second-order valence-electron chi connectivity index (χ2n) is 5.85. The van der Waals surface area contributed by atoms with E-state index in [0.717, 1.165) is 0 Å². The fourth-order valence-electron chi connectivity index (χ4n) is 2.18. The fraction of sp³-hybridized carbons (Fsp3) is 0.143. The molecule has 2 aromatic rings. The number of ether oxygens (including phenoxy) is 2. The average molecular weight is 411 g/mol. The Bertz CT molecular complexity index is 979. The Morgan fingerprint density at radius 3 is 2.33 bits per heavy atom. The van der Waals surface area contributed by atoms with Gasteiger partial charge in [-0.15, -0.1) is 0 Å². The minimum absolute atomic E-state index is 0.290. The molecule has 0 saturated carbocycles. The van der Waals surface area contributed by atoms with Crippen molar-refractivity contribution in [3.05, 3.63) is 65.5 Å². The van der Waals surface area contributed by atoms with Crippen LogP contribution in [0.1, 0.15) is 5.56 Å². The van der Waals surface area contributed by atoms with Crippen LogP contribution in [0.2, 0.25) is 0 Å². The molecule has 0 atom stereocenters. The lowest BCUT2D eigenvalue weighted by Gasteiger charge is -2.07. The maximum atomic E-state index is 12.8. The second kappa shape index (κ2) is 11.0. The summed E-state index contributed by atoms with van der Waals surface area (Å²) >= 11 is 0. The van der Waals surface area contributed by atoms with Gasteiger partial charge in [0.05, 0.1) is 13.7 Å². The first-order valence-electron chi connectivity index (χ1n) is 8.66. The highest BCUT2D eigenvalue weighted by Crippen LogP contribution is 2.14. The smallest absolute Gasteiger partial charge is 0.349 e. The van der Waals surface area contributed by atoms with E-state index in [0.29, 0.717) is 17.0 Å². The highest BCUT2D eigenvalue weighted by atomic mass is 19.1. The number of hydrogen-bond acceptors (Lipinski definition) is 6. The van der Waals surface area contributed by atoms with E-state index < -0.39 is 30.2 Å². The molecular formula is C21H18FN3O5.